The van der Waals surface area contributed by atoms with Gasteiger partial charge in [0.05, 0.1) is 10.6 Å². The number of carbonyl (C=O) groups excluding carboxylic acids is 1. The maximum atomic E-state index is 11.7. The number of amides is 1. The van der Waals surface area contributed by atoms with Crippen LogP contribution in [0.15, 0.2) is 18.2 Å². The van der Waals surface area contributed by atoms with Gasteiger partial charge in [0, 0.05) is 16.4 Å². The first-order chi connectivity index (χ1) is 7.04. The van der Waals surface area contributed by atoms with Crippen LogP contribution in [-0.4, -0.2) is 17.3 Å². The van der Waals surface area contributed by atoms with E-state index in [2.05, 4.69) is 21.2 Å². The van der Waals surface area contributed by atoms with Gasteiger partial charge in [0.25, 0.3) is 5.91 Å². The van der Waals surface area contributed by atoms with E-state index >= 15 is 0 Å². The van der Waals surface area contributed by atoms with Crippen LogP contribution in [-0.2, 0) is 0 Å². The Kier molecular flexibility index (Phi) is 4.90. The van der Waals surface area contributed by atoms with Gasteiger partial charge in [0.15, 0.2) is 0 Å². The Hall–Kier alpha value is -0.250. The van der Waals surface area contributed by atoms with Gasteiger partial charge in [-0.2, -0.15) is 0 Å². The summed E-state index contributed by atoms with van der Waals surface area (Å²) in [5, 5.41) is 4.37. The summed E-state index contributed by atoms with van der Waals surface area (Å²) in [5.74, 6) is -0.213. The van der Waals surface area contributed by atoms with Gasteiger partial charge in [-0.1, -0.05) is 39.1 Å². The van der Waals surface area contributed by atoms with Gasteiger partial charge < -0.3 is 5.32 Å². The summed E-state index contributed by atoms with van der Waals surface area (Å²) in [4.78, 5) is 11.7. The SMILES string of the molecule is CC(CBr)NC(=O)c1cc(Cl)ccc1Cl. The number of carbonyl (C=O) groups is 1. The molecule has 5 heteroatoms. The van der Waals surface area contributed by atoms with Crippen molar-refractivity contribution in [2.75, 3.05) is 5.33 Å². The van der Waals surface area contributed by atoms with Gasteiger partial charge in [-0.05, 0) is 25.1 Å². The molecule has 15 heavy (non-hydrogen) atoms. The van der Waals surface area contributed by atoms with Crippen LogP contribution in [0.2, 0.25) is 10.0 Å². The highest BCUT2D eigenvalue weighted by atomic mass is 79.9. The van der Waals surface area contributed by atoms with E-state index in [1.54, 1.807) is 18.2 Å². The summed E-state index contributed by atoms with van der Waals surface area (Å²) < 4.78 is 0. The molecule has 1 aromatic carbocycles. The average molecular weight is 311 g/mol. The third kappa shape index (κ3) is 3.67. The van der Waals surface area contributed by atoms with E-state index in [9.17, 15) is 4.79 Å². The topological polar surface area (TPSA) is 29.1 Å². The average Bonchev–Trinajstić information content (AvgIpc) is 2.21. The van der Waals surface area contributed by atoms with Crippen molar-refractivity contribution >= 4 is 45.0 Å². The fourth-order valence-corrected chi connectivity index (χ4v) is 1.55. The molecule has 1 unspecified atom stereocenters. The van der Waals surface area contributed by atoms with E-state index in [1.165, 1.54) is 0 Å². The lowest BCUT2D eigenvalue weighted by Crippen LogP contribution is -2.33. The fraction of sp³-hybridized carbons (Fsp3) is 0.300. The largest absolute Gasteiger partial charge is 0.349 e. The molecule has 0 bridgehead atoms. The van der Waals surface area contributed by atoms with Gasteiger partial charge in [0.2, 0.25) is 0 Å². The molecular formula is C10H10BrCl2NO. The summed E-state index contributed by atoms with van der Waals surface area (Å²) in [6, 6.07) is 4.86. The molecule has 82 valence electrons. The number of hydrogen-bond donors (Lipinski definition) is 1. The Labute approximate surface area is 107 Å². The molecule has 1 N–H and O–H groups in total. The van der Waals surface area contributed by atoms with Crippen LogP contribution in [0.3, 0.4) is 0 Å². The monoisotopic (exact) mass is 309 g/mol. The summed E-state index contributed by atoms with van der Waals surface area (Å²) in [7, 11) is 0. The molecule has 0 spiro atoms. The molecule has 1 amide bonds. The van der Waals surface area contributed by atoms with Crippen molar-refractivity contribution < 1.29 is 4.79 Å². The van der Waals surface area contributed by atoms with Crippen molar-refractivity contribution in [2.45, 2.75) is 13.0 Å². The van der Waals surface area contributed by atoms with E-state index in [4.69, 9.17) is 23.2 Å². The summed E-state index contributed by atoms with van der Waals surface area (Å²) >= 11 is 14.9. The van der Waals surface area contributed by atoms with Gasteiger partial charge in [0.1, 0.15) is 0 Å². The Bertz CT molecular complexity index is 370. The zero-order valence-electron chi connectivity index (χ0n) is 8.06. The normalized spacial score (nSPS) is 12.3. The first kappa shape index (κ1) is 12.8. The van der Waals surface area contributed by atoms with Crippen molar-refractivity contribution in [3.05, 3.63) is 33.8 Å². The predicted octanol–water partition coefficient (Wildman–Crippen LogP) is 3.51. The minimum Gasteiger partial charge on any atom is -0.349 e. The van der Waals surface area contributed by atoms with Crippen LogP contribution >= 0.6 is 39.1 Å². The number of rotatable bonds is 3. The van der Waals surface area contributed by atoms with Crippen LogP contribution in [0.4, 0.5) is 0 Å². The van der Waals surface area contributed by atoms with Crippen molar-refractivity contribution in [2.24, 2.45) is 0 Å². The third-order valence-electron chi connectivity index (χ3n) is 1.78. The molecule has 0 heterocycles. The first-order valence-corrected chi connectivity index (χ1v) is 6.24. The zero-order valence-corrected chi connectivity index (χ0v) is 11.2. The number of hydrogen-bond acceptors (Lipinski definition) is 1. The van der Waals surface area contributed by atoms with Gasteiger partial charge in [-0.25, -0.2) is 0 Å². The van der Waals surface area contributed by atoms with Crippen LogP contribution in [0.5, 0.6) is 0 Å². The molecule has 0 fully saturated rings. The van der Waals surface area contributed by atoms with Crippen LogP contribution < -0.4 is 5.32 Å². The molecule has 0 saturated heterocycles. The maximum absolute atomic E-state index is 11.7. The number of alkyl halides is 1. The number of nitrogens with one attached hydrogen (secondary N) is 1. The highest BCUT2D eigenvalue weighted by Crippen LogP contribution is 2.20. The summed E-state index contributed by atoms with van der Waals surface area (Å²) in [6.07, 6.45) is 0. The highest BCUT2D eigenvalue weighted by molar-refractivity contribution is 9.09. The molecule has 1 aromatic rings. The molecule has 2 nitrogen and oxygen atoms in total. The van der Waals surface area contributed by atoms with E-state index in [0.717, 1.165) is 0 Å². The second-order valence-electron chi connectivity index (χ2n) is 3.15. The second-order valence-corrected chi connectivity index (χ2v) is 4.64. The number of halogens is 3. The minimum absolute atomic E-state index is 0.0487. The minimum atomic E-state index is -0.213. The van der Waals surface area contributed by atoms with Crippen molar-refractivity contribution in [3.63, 3.8) is 0 Å². The molecule has 0 aliphatic carbocycles. The van der Waals surface area contributed by atoms with Gasteiger partial charge in [-0.15, -0.1) is 0 Å². The smallest absolute Gasteiger partial charge is 0.253 e. The molecule has 0 aliphatic rings. The number of benzene rings is 1. The highest BCUT2D eigenvalue weighted by Gasteiger charge is 2.12. The van der Waals surface area contributed by atoms with Crippen LogP contribution in [0.25, 0.3) is 0 Å². The molecule has 1 rings (SSSR count). The Morgan fingerprint density at radius 1 is 1.53 bits per heavy atom. The van der Waals surface area contributed by atoms with Crippen molar-refractivity contribution in [1.29, 1.82) is 0 Å². The molecular weight excluding hydrogens is 301 g/mol. The molecule has 0 aromatic heterocycles. The quantitative estimate of drug-likeness (QED) is 0.851. The molecule has 1 atom stereocenters. The first-order valence-electron chi connectivity index (χ1n) is 4.36. The fourth-order valence-electron chi connectivity index (χ4n) is 1.01. The van der Waals surface area contributed by atoms with Crippen LogP contribution in [0.1, 0.15) is 17.3 Å². The molecule has 0 saturated carbocycles. The standard InChI is InChI=1S/C10H10BrCl2NO/c1-6(5-11)14-10(15)8-4-7(12)2-3-9(8)13/h2-4,6H,5H2,1H3,(H,14,15). The van der Waals surface area contributed by atoms with E-state index in [0.29, 0.717) is 20.9 Å². The third-order valence-corrected chi connectivity index (χ3v) is 3.32. The van der Waals surface area contributed by atoms with Gasteiger partial charge in [-0.3, -0.25) is 4.79 Å². The lowest BCUT2D eigenvalue weighted by molar-refractivity contribution is 0.0944. The summed E-state index contributed by atoms with van der Waals surface area (Å²) in [5.41, 5.74) is 0.400. The summed E-state index contributed by atoms with van der Waals surface area (Å²) in [6.45, 7) is 1.89. The molecule has 0 radical (unpaired) electrons. The predicted molar refractivity (Wildman–Crippen MR) is 67.2 cm³/mol. The lowest BCUT2D eigenvalue weighted by atomic mass is 10.2. The van der Waals surface area contributed by atoms with Gasteiger partial charge >= 0.3 is 0 Å². The van der Waals surface area contributed by atoms with E-state index < -0.39 is 0 Å². The Morgan fingerprint density at radius 3 is 2.80 bits per heavy atom. The Balaban J connectivity index is 2.86. The van der Waals surface area contributed by atoms with E-state index in [1.807, 2.05) is 6.92 Å². The lowest BCUT2D eigenvalue weighted by Gasteiger charge is -2.11. The van der Waals surface area contributed by atoms with Crippen LogP contribution in [0, 0.1) is 0 Å². The van der Waals surface area contributed by atoms with Crippen molar-refractivity contribution in [3.8, 4) is 0 Å². The Morgan fingerprint density at radius 2 is 2.20 bits per heavy atom. The van der Waals surface area contributed by atoms with Crippen molar-refractivity contribution in [1.82, 2.24) is 5.32 Å². The second kappa shape index (κ2) is 5.73. The maximum Gasteiger partial charge on any atom is 0.253 e. The zero-order chi connectivity index (χ0) is 11.4. The van der Waals surface area contributed by atoms with E-state index in [-0.39, 0.29) is 11.9 Å². The molecule has 0 aliphatic heterocycles.